The van der Waals surface area contributed by atoms with Crippen molar-refractivity contribution in [3.05, 3.63) is 45.3 Å². The lowest BCUT2D eigenvalue weighted by Crippen LogP contribution is -2.38. The Morgan fingerprint density at radius 2 is 2.17 bits per heavy atom. The Kier molecular flexibility index (Phi) is 3.32. The van der Waals surface area contributed by atoms with Crippen LogP contribution in [0.25, 0.3) is 0 Å². The molecular formula is C17H19N3O2S. The molecule has 3 N–H and O–H groups in total. The highest BCUT2D eigenvalue weighted by molar-refractivity contribution is 7.16. The van der Waals surface area contributed by atoms with Crippen LogP contribution in [0.5, 0.6) is 5.75 Å². The van der Waals surface area contributed by atoms with E-state index in [9.17, 15) is 9.90 Å². The zero-order chi connectivity index (χ0) is 16.1. The SMILES string of the molecule is Cc1ccc(O)c(C2NC(=O)c3c(sc4c3CCN(C)C4)N2)c1. The molecule has 2 aromatic rings. The second-order valence-electron chi connectivity index (χ2n) is 6.31. The number of benzene rings is 1. The van der Waals surface area contributed by atoms with E-state index < -0.39 is 6.17 Å². The van der Waals surface area contributed by atoms with Crippen LogP contribution in [0.3, 0.4) is 0 Å². The molecule has 6 heteroatoms. The van der Waals surface area contributed by atoms with E-state index in [1.165, 1.54) is 10.4 Å². The van der Waals surface area contributed by atoms with Crippen LogP contribution in [0.2, 0.25) is 0 Å². The van der Waals surface area contributed by atoms with Gasteiger partial charge in [0.25, 0.3) is 5.91 Å². The largest absolute Gasteiger partial charge is 0.508 e. The number of carbonyl (C=O) groups is 1. The fourth-order valence-electron chi connectivity index (χ4n) is 3.30. The molecule has 2 aliphatic heterocycles. The van der Waals surface area contributed by atoms with Gasteiger partial charge in [-0.2, -0.15) is 0 Å². The average Bonchev–Trinajstić information content (AvgIpc) is 2.87. The topological polar surface area (TPSA) is 64.6 Å². The monoisotopic (exact) mass is 329 g/mol. The fourth-order valence-corrected chi connectivity index (χ4v) is 4.66. The summed E-state index contributed by atoms with van der Waals surface area (Å²) in [4.78, 5) is 16.2. The average molecular weight is 329 g/mol. The van der Waals surface area contributed by atoms with Crippen molar-refractivity contribution < 1.29 is 9.90 Å². The molecule has 23 heavy (non-hydrogen) atoms. The molecule has 0 bridgehead atoms. The number of nitrogens with zero attached hydrogens (tertiary/aromatic N) is 1. The van der Waals surface area contributed by atoms with E-state index in [0.717, 1.165) is 35.6 Å². The Bertz CT molecular complexity index is 799. The van der Waals surface area contributed by atoms with Gasteiger partial charge in [-0.1, -0.05) is 11.6 Å². The van der Waals surface area contributed by atoms with Gasteiger partial charge in [0.2, 0.25) is 0 Å². The van der Waals surface area contributed by atoms with Crippen molar-refractivity contribution in [1.82, 2.24) is 10.2 Å². The predicted molar refractivity (Wildman–Crippen MR) is 91.0 cm³/mol. The van der Waals surface area contributed by atoms with E-state index in [0.29, 0.717) is 5.56 Å². The molecular weight excluding hydrogens is 310 g/mol. The predicted octanol–water partition coefficient (Wildman–Crippen LogP) is 2.60. The summed E-state index contributed by atoms with van der Waals surface area (Å²) in [6.45, 7) is 3.84. The molecule has 0 saturated heterocycles. The van der Waals surface area contributed by atoms with E-state index >= 15 is 0 Å². The molecule has 1 atom stereocenters. The van der Waals surface area contributed by atoms with Gasteiger partial charge in [-0.15, -0.1) is 11.3 Å². The van der Waals surface area contributed by atoms with Crippen molar-refractivity contribution in [2.75, 3.05) is 18.9 Å². The zero-order valence-corrected chi connectivity index (χ0v) is 14.0. The highest BCUT2D eigenvalue weighted by Crippen LogP contribution is 2.41. The number of likely N-dealkylation sites (N-methyl/N-ethyl adjacent to an activating group) is 1. The number of fused-ring (bicyclic) bond motifs is 3. The smallest absolute Gasteiger partial charge is 0.256 e. The van der Waals surface area contributed by atoms with Crippen molar-refractivity contribution in [3.8, 4) is 5.75 Å². The van der Waals surface area contributed by atoms with E-state index in [2.05, 4.69) is 22.6 Å². The fraction of sp³-hybridized carbons (Fsp3) is 0.353. The number of hydrogen-bond donors (Lipinski definition) is 3. The van der Waals surface area contributed by atoms with Crippen molar-refractivity contribution in [2.45, 2.75) is 26.1 Å². The second-order valence-corrected chi connectivity index (χ2v) is 7.41. The van der Waals surface area contributed by atoms with E-state index in [-0.39, 0.29) is 11.7 Å². The Balaban J connectivity index is 1.73. The van der Waals surface area contributed by atoms with Crippen molar-refractivity contribution in [2.24, 2.45) is 0 Å². The summed E-state index contributed by atoms with van der Waals surface area (Å²) >= 11 is 1.66. The Morgan fingerprint density at radius 1 is 1.35 bits per heavy atom. The van der Waals surface area contributed by atoms with Crippen LogP contribution in [0, 0.1) is 6.92 Å². The third-order valence-electron chi connectivity index (χ3n) is 4.52. The van der Waals surface area contributed by atoms with Gasteiger partial charge in [-0.05, 0) is 38.1 Å². The minimum Gasteiger partial charge on any atom is -0.508 e. The number of anilines is 1. The molecule has 0 radical (unpaired) electrons. The van der Waals surface area contributed by atoms with Crippen molar-refractivity contribution >= 4 is 22.2 Å². The first-order chi connectivity index (χ1) is 11.0. The van der Waals surface area contributed by atoms with E-state index in [1.54, 1.807) is 17.4 Å². The molecule has 0 fully saturated rings. The Labute approximate surface area is 138 Å². The normalized spacial score (nSPS) is 20.4. The first-order valence-corrected chi connectivity index (χ1v) is 8.54. The maximum atomic E-state index is 12.6. The molecule has 1 unspecified atom stereocenters. The number of phenols is 1. The summed E-state index contributed by atoms with van der Waals surface area (Å²) in [6.07, 6.45) is 0.514. The lowest BCUT2D eigenvalue weighted by Gasteiger charge is -2.28. The van der Waals surface area contributed by atoms with Crippen LogP contribution in [0.1, 0.15) is 38.1 Å². The number of amides is 1. The van der Waals surface area contributed by atoms with Gasteiger partial charge >= 0.3 is 0 Å². The van der Waals surface area contributed by atoms with E-state index in [4.69, 9.17) is 0 Å². The van der Waals surface area contributed by atoms with Gasteiger partial charge < -0.3 is 20.6 Å². The minimum absolute atomic E-state index is 0.0493. The summed E-state index contributed by atoms with van der Waals surface area (Å²) in [5.74, 6) is 0.143. The van der Waals surface area contributed by atoms with Gasteiger partial charge in [0.1, 0.15) is 16.9 Å². The highest BCUT2D eigenvalue weighted by atomic mass is 32.1. The number of nitrogens with one attached hydrogen (secondary N) is 2. The molecule has 0 aliphatic carbocycles. The van der Waals surface area contributed by atoms with Crippen molar-refractivity contribution in [3.63, 3.8) is 0 Å². The second kappa shape index (κ2) is 5.25. The summed E-state index contributed by atoms with van der Waals surface area (Å²) in [5, 5.41) is 17.4. The number of carbonyl (C=O) groups excluding carboxylic acids is 1. The first-order valence-electron chi connectivity index (χ1n) is 7.73. The number of thiophene rings is 1. The van der Waals surface area contributed by atoms with Gasteiger partial charge in [0.05, 0.1) is 5.56 Å². The van der Waals surface area contributed by atoms with Gasteiger partial charge in [-0.25, -0.2) is 0 Å². The molecule has 0 saturated carbocycles. The number of hydrogen-bond acceptors (Lipinski definition) is 5. The van der Waals surface area contributed by atoms with Crippen molar-refractivity contribution in [1.29, 1.82) is 0 Å². The van der Waals surface area contributed by atoms with E-state index in [1.807, 2.05) is 19.1 Å². The molecule has 120 valence electrons. The highest BCUT2D eigenvalue weighted by Gasteiger charge is 2.33. The molecule has 2 aliphatic rings. The van der Waals surface area contributed by atoms with Crippen LogP contribution < -0.4 is 10.6 Å². The quantitative estimate of drug-likeness (QED) is 0.752. The minimum atomic E-state index is -0.396. The first kappa shape index (κ1) is 14.5. The number of aromatic hydroxyl groups is 1. The third kappa shape index (κ3) is 2.38. The molecule has 3 heterocycles. The lowest BCUT2D eigenvalue weighted by atomic mass is 10.00. The van der Waals surface area contributed by atoms with Crippen LogP contribution in [0.4, 0.5) is 5.00 Å². The van der Waals surface area contributed by atoms with Crippen LogP contribution in [-0.2, 0) is 13.0 Å². The zero-order valence-electron chi connectivity index (χ0n) is 13.1. The lowest BCUT2D eigenvalue weighted by molar-refractivity contribution is 0.0934. The van der Waals surface area contributed by atoms with Gasteiger partial charge in [-0.3, -0.25) is 4.79 Å². The molecule has 1 amide bonds. The van der Waals surface area contributed by atoms with Crippen LogP contribution in [-0.4, -0.2) is 29.5 Å². The molecule has 4 rings (SSSR count). The molecule has 5 nitrogen and oxygen atoms in total. The summed E-state index contributed by atoms with van der Waals surface area (Å²) in [6, 6.07) is 5.43. The number of aryl methyl sites for hydroxylation is 1. The van der Waals surface area contributed by atoms with Crippen LogP contribution in [0.15, 0.2) is 18.2 Å². The standard InChI is InChI=1S/C17H19N3O2S/c1-9-3-4-12(21)11(7-9)15-18-16(22)14-10-5-6-20(2)8-13(10)23-17(14)19-15/h3-4,7,15,19,21H,5-6,8H2,1-2H3,(H,18,22). The molecule has 0 spiro atoms. The third-order valence-corrected chi connectivity index (χ3v) is 5.67. The number of phenolic OH excluding ortho intramolecular Hbond substituents is 1. The Morgan fingerprint density at radius 3 is 3.00 bits per heavy atom. The molecule has 1 aromatic carbocycles. The summed E-state index contributed by atoms with van der Waals surface area (Å²) < 4.78 is 0. The summed E-state index contributed by atoms with van der Waals surface area (Å²) in [7, 11) is 2.10. The Hall–Kier alpha value is -2.05. The van der Waals surface area contributed by atoms with Gasteiger partial charge in [0, 0.05) is 23.5 Å². The maximum absolute atomic E-state index is 12.6. The maximum Gasteiger partial charge on any atom is 0.256 e. The number of rotatable bonds is 1. The van der Waals surface area contributed by atoms with Gasteiger partial charge in [0.15, 0.2) is 0 Å². The molecule has 1 aromatic heterocycles. The van der Waals surface area contributed by atoms with Crippen LogP contribution >= 0.6 is 11.3 Å². The summed E-state index contributed by atoms with van der Waals surface area (Å²) in [5.41, 5.74) is 3.72.